The molecule has 17 heavy (non-hydrogen) atoms. The molecule has 0 saturated carbocycles. The molecule has 94 valence electrons. The van der Waals surface area contributed by atoms with Crippen molar-refractivity contribution in [3.63, 3.8) is 0 Å². The Morgan fingerprint density at radius 1 is 1.41 bits per heavy atom. The van der Waals surface area contributed by atoms with E-state index in [1.807, 2.05) is 24.3 Å². The van der Waals surface area contributed by atoms with Gasteiger partial charge in [-0.1, -0.05) is 12.1 Å². The van der Waals surface area contributed by atoms with Crippen LogP contribution < -0.4 is 10.2 Å². The van der Waals surface area contributed by atoms with Crippen molar-refractivity contribution in [2.75, 3.05) is 38.3 Å². The fraction of sp³-hybridized carbons (Fsp3) is 0.538. The van der Waals surface area contributed by atoms with Crippen molar-refractivity contribution in [2.24, 2.45) is 0 Å². The van der Waals surface area contributed by atoms with Crippen molar-refractivity contribution in [3.8, 4) is 0 Å². The molecule has 1 unspecified atom stereocenters. The Labute approximate surface area is 102 Å². The van der Waals surface area contributed by atoms with Crippen LogP contribution in [0.4, 0.5) is 10.1 Å². The molecule has 1 atom stereocenters. The van der Waals surface area contributed by atoms with Crippen molar-refractivity contribution in [3.05, 3.63) is 29.8 Å². The third-order valence-corrected chi connectivity index (χ3v) is 3.13. The molecular weight excluding hydrogens is 219 g/mol. The van der Waals surface area contributed by atoms with Gasteiger partial charge in [0.2, 0.25) is 0 Å². The summed E-state index contributed by atoms with van der Waals surface area (Å²) in [7, 11) is 1.72. The number of benzene rings is 1. The Kier molecular flexibility index (Phi) is 4.34. The predicted octanol–water partition coefficient (Wildman–Crippen LogP) is 1.58. The number of nitrogens with one attached hydrogen (secondary N) is 1. The van der Waals surface area contributed by atoms with E-state index < -0.39 is 6.67 Å². The highest BCUT2D eigenvalue weighted by Crippen LogP contribution is 2.19. The van der Waals surface area contributed by atoms with Crippen LogP contribution in [0.2, 0.25) is 0 Å². The number of anilines is 1. The van der Waals surface area contributed by atoms with E-state index in [2.05, 4.69) is 10.2 Å². The van der Waals surface area contributed by atoms with Crippen molar-refractivity contribution < 1.29 is 9.13 Å². The average molecular weight is 238 g/mol. The molecule has 1 N–H and O–H groups in total. The minimum absolute atomic E-state index is 0.352. The van der Waals surface area contributed by atoms with Crippen molar-refractivity contribution >= 4 is 5.69 Å². The zero-order valence-electron chi connectivity index (χ0n) is 10.2. The van der Waals surface area contributed by atoms with Gasteiger partial charge in [-0.2, -0.15) is 0 Å². The first-order chi connectivity index (χ1) is 8.35. The molecule has 0 radical (unpaired) electrons. The van der Waals surface area contributed by atoms with Crippen LogP contribution in [-0.4, -0.2) is 39.4 Å². The van der Waals surface area contributed by atoms with Crippen LogP contribution in [0.3, 0.4) is 0 Å². The summed E-state index contributed by atoms with van der Waals surface area (Å²) < 4.78 is 17.7. The number of piperazine rings is 1. The van der Waals surface area contributed by atoms with E-state index in [-0.39, 0.29) is 0 Å². The molecule has 1 aliphatic heterocycles. The van der Waals surface area contributed by atoms with E-state index in [1.165, 1.54) is 0 Å². The molecule has 1 aromatic carbocycles. The molecule has 1 heterocycles. The summed E-state index contributed by atoms with van der Waals surface area (Å²) >= 11 is 0. The lowest BCUT2D eigenvalue weighted by Crippen LogP contribution is -2.53. The summed E-state index contributed by atoms with van der Waals surface area (Å²) in [6.07, 6.45) is 0. The maximum absolute atomic E-state index is 12.5. The van der Waals surface area contributed by atoms with E-state index in [0.717, 1.165) is 30.9 Å². The highest BCUT2D eigenvalue weighted by Gasteiger charge is 2.21. The lowest BCUT2D eigenvalue weighted by atomic mass is 10.1. The highest BCUT2D eigenvalue weighted by molar-refractivity contribution is 5.49. The van der Waals surface area contributed by atoms with Crippen LogP contribution >= 0.6 is 0 Å². The summed E-state index contributed by atoms with van der Waals surface area (Å²) in [5.41, 5.74) is 1.87. The second-order valence-corrected chi connectivity index (χ2v) is 4.31. The molecule has 2 rings (SSSR count). The Morgan fingerprint density at radius 2 is 2.18 bits per heavy atom. The van der Waals surface area contributed by atoms with Gasteiger partial charge in [0.05, 0.1) is 12.6 Å². The smallest absolute Gasteiger partial charge is 0.115 e. The summed E-state index contributed by atoms with van der Waals surface area (Å²) in [6.45, 7) is 3.17. The molecule has 1 fully saturated rings. The standard InChI is InChI=1S/C13H19FN2O/c1-17-10-13-9-15-6-7-16(13)12-4-2-11(8-14)3-5-12/h2-5,13,15H,6-10H2,1H3. The molecule has 0 amide bonds. The Hall–Kier alpha value is -1.13. The van der Waals surface area contributed by atoms with Crippen molar-refractivity contribution in [2.45, 2.75) is 12.7 Å². The molecule has 0 aromatic heterocycles. The molecule has 0 bridgehead atoms. The monoisotopic (exact) mass is 238 g/mol. The van der Waals surface area contributed by atoms with Crippen LogP contribution in [0, 0.1) is 0 Å². The Balaban J connectivity index is 2.11. The molecule has 1 saturated heterocycles. The molecule has 3 nitrogen and oxygen atoms in total. The maximum Gasteiger partial charge on any atom is 0.115 e. The van der Waals surface area contributed by atoms with E-state index in [9.17, 15) is 4.39 Å². The Morgan fingerprint density at radius 3 is 2.82 bits per heavy atom. The van der Waals surface area contributed by atoms with Crippen LogP contribution in [0.25, 0.3) is 0 Å². The molecule has 1 aliphatic rings. The van der Waals surface area contributed by atoms with Crippen molar-refractivity contribution in [1.29, 1.82) is 0 Å². The number of alkyl halides is 1. The maximum atomic E-state index is 12.5. The summed E-state index contributed by atoms with van der Waals surface area (Å²) in [6, 6.07) is 8.03. The number of hydrogen-bond donors (Lipinski definition) is 1. The van der Waals surface area contributed by atoms with Gasteiger partial charge in [0.1, 0.15) is 6.67 Å². The second-order valence-electron chi connectivity index (χ2n) is 4.31. The van der Waals surface area contributed by atoms with Gasteiger partial charge in [0.15, 0.2) is 0 Å². The highest BCUT2D eigenvalue weighted by atomic mass is 19.1. The van der Waals surface area contributed by atoms with Crippen LogP contribution in [0.1, 0.15) is 5.56 Å². The molecule has 4 heteroatoms. The summed E-state index contributed by atoms with van der Waals surface area (Å²) in [4.78, 5) is 2.32. The van der Waals surface area contributed by atoms with Gasteiger partial charge in [-0.05, 0) is 17.7 Å². The van der Waals surface area contributed by atoms with Gasteiger partial charge in [0, 0.05) is 32.4 Å². The zero-order chi connectivity index (χ0) is 12.1. The first kappa shape index (κ1) is 12.3. The molecule has 0 aliphatic carbocycles. The van der Waals surface area contributed by atoms with E-state index in [4.69, 9.17) is 4.74 Å². The fourth-order valence-corrected chi connectivity index (χ4v) is 2.22. The SMILES string of the molecule is COCC1CNCCN1c1ccc(CF)cc1. The first-order valence-corrected chi connectivity index (χ1v) is 5.96. The van der Waals surface area contributed by atoms with Crippen LogP contribution in [0.5, 0.6) is 0 Å². The normalized spacial score (nSPS) is 20.6. The number of rotatable bonds is 4. The van der Waals surface area contributed by atoms with Gasteiger partial charge in [0.25, 0.3) is 0 Å². The van der Waals surface area contributed by atoms with Crippen molar-refractivity contribution in [1.82, 2.24) is 5.32 Å². The number of halogens is 1. The fourth-order valence-electron chi connectivity index (χ4n) is 2.22. The molecular formula is C13H19FN2O. The number of ether oxygens (including phenoxy) is 1. The number of methoxy groups -OCH3 is 1. The minimum Gasteiger partial charge on any atom is -0.383 e. The van der Waals surface area contributed by atoms with Gasteiger partial charge < -0.3 is 15.0 Å². The van der Waals surface area contributed by atoms with E-state index >= 15 is 0 Å². The van der Waals surface area contributed by atoms with Crippen LogP contribution in [0.15, 0.2) is 24.3 Å². The third-order valence-electron chi connectivity index (χ3n) is 3.13. The third kappa shape index (κ3) is 2.96. The predicted molar refractivity (Wildman–Crippen MR) is 67.1 cm³/mol. The lowest BCUT2D eigenvalue weighted by Gasteiger charge is -2.37. The topological polar surface area (TPSA) is 24.5 Å². The van der Waals surface area contributed by atoms with Gasteiger partial charge >= 0.3 is 0 Å². The van der Waals surface area contributed by atoms with Gasteiger partial charge in [-0.3, -0.25) is 0 Å². The van der Waals surface area contributed by atoms with E-state index in [1.54, 1.807) is 7.11 Å². The molecule has 0 spiro atoms. The minimum atomic E-state index is -0.399. The van der Waals surface area contributed by atoms with Gasteiger partial charge in [-0.25, -0.2) is 4.39 Å². The number of hydrogen-bond acceptors (Lipinski definition) is 3. The summed E-state index contributed by atoms with van der Waals surface area (Å²) in [5, 5.41) is 3.36. The van der Waals surface area contributed by atoms with Gasteiger partial charge in [-0.15, -0.1) is 0 Å². The van der Waals surface area contributed by atoms with Crippen LogP contribution in [-0.2, 0) is 11.4 Å². The second kappa shape index (κ2) is 5.98. The first-order valence-electron chi connectivity index (χ1n) is 5.96. The summed E-state index contributed by atoms with van der Waals surface area (Å²) in [5.74, 6) is 0. The average Bonchev–Trinajstić information content (AvgIpc) is 2.40. The largest absolute Gasteiger partial charge is 0.383 e. The zero-order valence-corrected chi connectivity index (χ0v) is 10.2. The molecule has 1 aromatic rings. The lowest BCUT2D eigenvalue weighted by molar-refractivity contribution is 0.170. The number of nitrogens with zero attached hydrogens (tertiary/aromatic N) is 1. The van der Waals surface area contributed by atoms with E-state index in [0.29, 0.717) is 12.6 Å². The Bertz CT molecular complexity index is 340. The quantitative estimate of drug-likeness (QED) is 0.862.